The molecule has 2 aromatic rings. The molecular weight excluding hydrogens is 294 g/mol. The molecule has 2 N–H and O–H groups in total. The van der Waals surface area contributed by atoms with Crippen molar-refractivity contribution in [2.24, 2.45) is 0 Å². The number of para-hydroxylation sites is 2. The molecule has 0 radical (unpaired) electrons. The molecule has 0 fully saturated rings. The third kappa shape index (κ3) is 4.40. The second kappa shape index (κ2) is 8.29. The van der Waals surface area contributed by atoms with E-state index in [0.717, 1.165) is 17.7 Å². The Bertz CT molecular complexity index is 655. The van der Waals surface area contributed by atoms with Crippen LogP contribution in [0.15, 0.2) is 61.2 Å². The smallest absolute Gasteiger partial charge is 0.223 e. The van der Waals surface area contributed by atoms with E-state index in [-0.39, 0.29) is 5.12 Å². The molecule has 0 aliphatic rings. The summed E-state index contributed by atoms with van der Waals surface area (Å²) in [6.45, 7) is 4.00. The lowest BCUT2D eigenvalue weighted by atomic mass is 10.1. The van der Waals surface area contributed by atoms with Crippen molar-refractivity contribution in [1.29, 1.82) is 0 Å². The van der Waals surface area contributed by atoms with Crippen LogP contribution in [0.3, 0.4) is 0 Å². The Hall–Kier alpha value is -2.20. The van der Waals surface area contributed by atoms with Gasteiger partial charge in [-0.15, -0.1) is 0 Å². The highest BCUT2D eigenvalue weighted by Crippen LogP contribution is 2.24. The normalized spacial score (nSPS) is 10.2. The van der Waals surface area contributed by atoms with Gasteiger partial charge >= 0.3 is 0 Å². The van der Waals surface area contributed by atoms with Crippen molar-refractivity contribution >= 4 is 22.6 Å². The molecule has 2 rings (SSSR count). The number of rotatable bonds is 7. The number of carbonyl (C=O) groups is 1. The molecule has 22 heavy (non-hydrogen) atoms. The molecule has 0 amide bonds. The van der Waals surface area contributed by atoms with Crippen molar-refractivity contribution in [2.75, 3.05) is 18.1 Å². The number of hydrogen-bond donors (Lipinski definition) is 1. The zero-order chi connectivity index (χ0) is 15.8. The van der Waals surface area contributed by atoms with Gasteiger partial charge in [0.05, 0.1) is 5.56 Å². The Morgan fingerprint density at radius 2 is 1.91 bits per heavy atom. The van der Waals surface area contributed by atoms with E-state index in [1.54, 1.807) is 18.2 Å². The molecule has 0 aliphatic heterocycles. The van der Waals surface area contributed by atoms with Gasteiger partial charge in [-0.2, -0.15) is 0 Å². The fourth-order valence-corrected chi connectivity index (χ4v) is 2.83. The lowest BCUT2D eigenvalue weighted by molar-refractivity contribution is 0.108. The number of carbonyl (C=O) groups excluding carboxylic acids is 1. The Kier molecular flexibility index (Phi) is 6.10. The quantitative estimate of drug-likeness (QED) is 0.621. The molecule has 0 bridgehead atoms. The van der Waals surface area contributed by atoms with E-state index in [9.17, 15) is 4.79 Å². The van der Waals surface area contributed by atoms with E-state index in [4.69, 9.17) is 10.5 Å². The number of benzene rings is 2. The highest BCUT2D eigenvalue weighted by atomic mass is 32.2. The van der Waals surface area contributed by atoms with Crippen molar-refractivity contribution < 1.29 is 9.53 Å². The first kappa shape index (κ1) is 16.2. The maximum atomic E-state index is 12.3. The summed E-state index contributed by atoms with van der Waals surface area (Å²) in [5, 5.41) is 0.00849. The van der Waals surface area contributed by atoms with Crippen molar-refractivity contribution in [3.05, 3.63) is 72.3 Å². The largest absolute Gasteiger partial charge is 0.489 e. The maximum absolute atomic E-state index is 12.3. The minimum Gasteiger partial charge on any atom is -0.489 e. The third-order valence-corrected chi connectivity index (χ3v) is 4.01. The van der Waals surface area contributed by atoms with Crippen LogP contribution in [0.5, 0.6) is 5.75 Å². The van der Waals surface area contributed by atoms with Crippen molar-refractivity contribution in [3.63, 3.8) is 0 Å². The predicted octanol–water partition coefficient (Wildman–Crippen LogP) is 3.95. The van der Waals surface area contributed by atoms with Gasteiger partial charge in [-0.25, -0.2) is 0 Å². The Morgan fingerprint density at radius 3 is 2.68 bits per heavy atom. The van der Waals surface area contributed by atoms with E-state index < -0.39 is 0 Å². The summed E-state index contributed by atoms with van der Waals surface area (Å²) >= 11 is 1.28. The first-order chi connectivity index (χ1) is 10.7. The Labute approximate surface area is 135 Å². The van der Waals surface area contributed by atoms with E-state index >= 15 is 0 Å². The van der Waals surface area contributed by atoms with Crippen LogP contribution in [0.1, 0.15) is 15.9 Å². The van der Waals surface area contributed by atoms with Crippen molar-refractivity contribution in [3.8, 4) is 5.75 Å². The Balaban J connectivity index is 1.95. The molecule has 0 aromatic heterocycles. The van der Waals surface area contributed by atoms with Gasteiger partial charge < -0.3 is 10.5 Å². The van der Waals surface area contributed by atoms with E-state index in [2.05, 4.69) is 6.58 Å². The standard InChI is InChI=1S/C18H19NO2S/c1-2-12-21-17-10-6-4-8-15(17)18(20)22-13-11-14-7-3-5-9-16(14)19/h2-10H,1,11-13,19H2. The first-order valence-electron chi connectivity index (χ1n) is 7.05. The summed E-state index contributed by atoms with van der Waals surface area (Å²) in [5.74, 6) is 1.28. The summed E-state index contributed by atoms with van der Waals surface area (Å²) < 4.78 is 5.52. The average molecular weight is 313 g/mol. The fourth-order valence-electron chi connectivity index (χ4n) is 2.00. The highest BCUT2D eigenvalue weighted by molar-refractivity contribution is 8.14. The zero-order valence-corrected chi connectivity index (χ0v) is 13.1. The van der Waals surface area contributed by atoms with E-state index in [1.807, 2.05) is 36.4 Å². The molecule has 0 heterocycles. The van der Waals surface area contributed by atoms with Crippen LogP contribution in [0.25, 0.3) is 0 Å². The molecule has 0 saturated heterocycles. The van der Waals surface area contributed by atoms with Crippen LogP contribution in [-0.4, -0.2) is 17.5 Å². The van der Waals surface area contributed by atoms with Gasteiger partial charge in [0.1, 0.15) is 12.4 Å². The van der Waals surface area contributed by atoms with Gasteiger partial charge in [-0.1, -0.05) is 54.7 Å². The van der Waals surface area contributed by atoms with E-state index in [0.29, 0.717) is 23.7 Å². The second-order valence-electron chi connectivity index (χ2n) is 4.68. The topological polar surface area (TPSA) is 52.3 Å². The monoisotopic (exact) mass is 313 g/mol. The van der Waals surface area contributed by atoms with Gasteiger partial charge in [-0.05, 0) is 30.2 Å². The third-order valence-electron chi connectivity index (χ3n) is 3.12. The molecule has 3 nitrogen and oxygen atoms in total. The number of nitrogen functional groups attached to an aromatic ring is 1. The average Bonchev–Trinajstić information content (AvgIpc) is 2.55. The number of aryl methyl sites for hydroxylation is 1. The van der Waals surface area contributed by atoms with Gasteiger partial charge in [0.15, 0.2) is 0 Å². The Morgan fingerprint density at radius 1 is 1.18 bits per heavy atom. The van der Waals surface area contributed by atoms with Gasteiger partial charge in [0, 0.05) is 11.4 Å². The molecule has 0 unspecified atom stereocenters. The van der Waals surface area contributed by atoms with Crippen LogP contribution >= 0.6 is 11.8 Å². The van der Waals surface area contributed by atoms with Crippen LogP contribution < -0.4 is 10.5 Å². The molecule has 0 aliphatic carbocycles. The predicted molar refractivity (Wildman–Crippen MR) is 93.5 cm³/mol. The summed E-state index contributed by atoms with van der Waals surface area (Å²) in [5.41, 5.74) is 8.33. The zero-order valence-electron chi connectivity index (χ0n) is 12.3. The fraction of sp³-hybridized carbons (Fsp3) is 0.167. The SMILES string of the molecule is C=CCOc1ccccc1C(=O)SCCc1ccccc1N. The van der Waals surface area contributed by atoms with Gasteiger partial charge in [-0.3, -0.25) is 4.79 Å². The molecule has 2 aromatic carbocycles. The first-order valence-corrected chi connectivity index (χ1v) is 8.04. The van der Waals surface area contributed by atoms with Crippen LogP contribution in [-0.2, 0) is 6.42 Å². The van der Waals surface area contributed by atoms with Crippen LogP contribution in [0.4, 0.5) is 5.69 Å². The number of thioether (sulfide) groups is 1. The molecule has 4 heteroatoms. The van der Waals surface area contributed by atoms with E-state index in [1.165, 1.54) is 11.8 Å². The molecule has 114 valence electrons. The maximum Gasteiger partial charge on any atom is 0.223 e. The minimum atomic E-state index is 0.00849. The van der Waals surface area contributed by atoms with Gasteiger partial charge in [0.2, 0.25) is 5.12 Å². The number of ether oxygens (including phenoxy) is 1. The lowest BCUT2D eigenvalue weighted by Gasteiger charge is -2.09. The summed E-state index contributed by atoms with van der Waals surface area (Å²) in [4.78, 5) is 12.3. The van der Waals surface area contributed by atoms with Crippen molar-refractivity contribution in [1.82, 2.24) is 0 Å². The van der Waals surface area contributed by atoms with Crippen LogP contribution in [0, 0.1) is 0 Å². The summed E-state index contributed by atoms with van der Waals surface area (Å²) in [7, 11) is 0. The molecule has 0 saturated carbocycles. The van der Waals surface area contributed by atoms with Gasteiger partial charge in [0.25, 0.3) is 0 Å². The summed E-state index contributed by atoms with van der Waals surface area (Å²) in [6.07, 6.45) is 2.42. The summed E-state index contributed by atoms with van der Waals surface area (Å²) in [6, 6.07) is 15.0. The van der Waals surface area contributed by atoms with Crippen molar-refractivity contribution in [2.45, 2.75) is 6.42 Å². The molecule has 0 atom stereocenters. The molecular formula is C18H19NO2S. The van der Waals surface area contributed by atoms with Crippen LogP contribution in [0.2, 0.25) is 0 Å². The number of hydrogen-bond acceptors (Lipinski definition) is 4. The number of anilines is 1. The molecule has 0 spiro atoms. The minimum absolute atomic E-state index is 0.00849. The second-order valence-corrected chi connectivity index (χ2v) is 5.75. The highest BCUT2D eigenvalue weighted by Gasteiger charge is 2.12. The number of nitrogens with two attached hydrogens (primary N) is 1. The lowest BCUT2D eigenvalue weighted by Crippen LogP contribution is -2.03.